The van der Waals surface area contributed by atoms with Gasteiger partial charge in [-0.15, -0.1) is 0 Å². The standard InChI is InChI=1S/C30H44O10/c1-21-13-7-3-2-4-8-14-22(32)19-23(33)15-9-5-10-16-24(17-11-6-12-18-26(34)38-21)39-30-29(37)28(36)27(35)25(20-31)40-30/h2,4-6,8-12,14,16,18,21-25,27-33,35-37H,3,7,13,15,17,19-20H2,1H3/b4-2-,9-5-,11-6+,14-8+,16-10+,18-12-/t21-,22+,23+,24-,25-,27+,28-,29+,30-/m1/s1. The SMILES string of the molecule is C[C@@H]1CCC/C=C\C=C\[C@H](O)C[C@@H](O)C/C=C\C=C\[C@@H](O[C@@H]2O[C@H](CO)[C@H](O)[C@@H](O)[C@@H]2O)C/C=C/C=C\C(=O)O1. The molecule has 0 amide bonds. The van der Waals surface area contributed by atoms with Crippen molar-refractivity contribution in [3.8, 4) is 0 Å². The third-order valence-corrected chi connectivity index (χ3v) is 6.38. The fraction of sp³-hybridized carbons (Fsp3) is 0.567. The van der Waals surface area contributed by atoms with E-state index in [0.29, 0.717) is 19.3 Å². The maximum atomic E-state index is 12.1. The van der Waals surface area contributed by atoms with Crippen LogP contribution in [0.5, 0.6) is 0 Å². The van der Waals surface area contributed by atoms with Gasteiger partial charge in [0.1, 0.15) is 24.4 Å². The molecule has 0 spiro atoms. The maximum absolute atomic E-state index is 12.1. The molecule has 0 bridgehead atoms. The lowest BCUT2D eigenvalue weighted by Gasteiger charge is -2.40. The van der Waals surface area contributed by atoms with Crippen LogP contribution in [0, 0.1) is 0 Å². The molecule has 2 aliphatic heterocycles. The highest BCUT2D eigenvalue weighted by molar-refractivity contribution is 5.82. The van der Waals surface area contributed by atoms with Crippen molar-refractivity contribution >= 4 is 5.97 Å². The first kappa shape index (κ1) is 33.8. The van der Waals surface area contributed by atoms with Gasteiger partial charge in [0.2, 0.25) is 0 Å². The van der Waals surface area contributed by atoms with Gasteiger partial charge in [0.15, 0.2) is 6.29 Å². The Hall–Kier alpha value is -2.41. The molecule has 0 aromatic rings. The van der Waals surface area contributed by atoms with Crippen LogP contribution in [0.4, 0.5) is 0 Å². The Kier molecular flexibility index (Phi) is 15.9. The summed E-state index contributed by atoms with van der Waals surface area (Å²) in [5.41, 5.74) is 0. The summed E-state index contributed by atoms with van der Waals surface area (Å²) in [5.74, 6) is -0.458. The summed E-state index contributed by atoms with van der Waals surface area (Å²) < 4.78 is 16.7. The van der Waals surface area contributed by atoms with Gasteiger partial charge in [-0.25, -0.2) is 4.79 Å². The topological polar surface area (TPSA) is 166 Å². The average molecular weight is 565 g/mol. The van der Waals surface area contributed by atoms with E-state index < -0.39 is 61.6 Å². The summed E-state index contributed by atoms with van der Waals surface area (Å²) in [7, 11) is 0. The minimum Gasteiger partial charge on any atom is -0.460 e. The van der Waals surface area contributed by atoms with Crippen molar-refractivity contribution in [3.05, 3.63) is 72.9 Å². The van der Waals surface area contributed by atoms with E-state index >= 15 is 0 Å². The maximum Gasteiger partial charge on any atom is 0.331 e. The molecule has 0 saturated carbocycles. The normalized spacial score (nSPS) is 40.6. The predicted molar refractivity (Wildman–Crippen MR) is 149 cm³/mol. The van der Waals surface area contributed by atoms with Gasteiger partial charge < -0.3 is 44.8 Å². The molecule has 224 valence electrons. The van der Waals surface area contributed by atoms with Gasteiger partial charge >= 0.3 is 5.97 Å². The zero-order valence-electron chi connectivity index (χ0n) is 22.9. The number of carbonyl (C=O) groups is 1. The molecule has 10 heteroatoms. The Bertz CT molecular complexity index is 906. The van der Waals surface area contributed by atoms with Crippen molar-refractivity contribution in [3.63, 3.8) is 0 Å². The molecule has 0 aromatic heterocycles. The molecule has 2 heterocycles. The molecule has 6 N–H and O–H groups in total. The van der Waals surface area contributed by atoms with Crippen molar-refractivity contribution in [2.45, 2.75) is 101 Å². The molecule has 9 atom stereocenters. The molecule has 40 heavy (non-hydrogen) atoms. The summed E-state index contributed by atoms with van der Waals surface area (Å²) in [5, 5.41) is 60.2. The molecule has 1 saturated heterocycles. The van der Waals surface area contributed by atoms with Crippen LogP contribution in [0.1, 0.15) is 45.4 Å². The highest BCUT2D eigenvalue weighted by Gasteiger charge is 2.44. The number of hydrogen-bond donors (Lipinski definition) is 6. The Balaban J connectivity index is 2.12. The van der Waals surface area contributed by atoms with Crippen LogP contribution in [0.3, 0.4) is 0 Å². The number of aliphatic hydroxyl groups is 6. The summed E-state index contributed by atoms with van der Waals surface area (Å²) >= 11 is 0. The van der Waals surface area contributed by atoms with E-state index in [0.717, 1.165) is 12.8 Å². The quantitative estimate of drug-likeness (QED) is 0.277. The van der Waals surface area contributed by atoms with Crippen LogP contribution in [0.25, 0.3) is 0 Å². The first-order valence-electron chi connectivity index (χ1n) is 13.7. The predicted octanol–water partition coefficient (Wildman–Crippen LogP) is 1.52. The van der Waals surface area contributed by atoms with Crippen molar-refractivity contribution in [1.29, 1.82) is 0 Å². The van der Waals surface area contributed by atoms with Gasteiger partial charge in [-0.05, 0) is 39.0 Å². The molecule has 10 nitrogen and oxygen atoms in total. The summed E-state index contributed by atoms with van der Waals surface area (Å²) in [6, 6.07) is 0. The zero-order chi connectivity index (χ0) is 29.3. The molecule has 2 aliphatic rings. The van der Waals surface area contributed by atoms with Crippen molar-refractivity contribution in [1.82, 2.24) is 0 Å². The number of rotatable bonds is 3. The fourth-order valence-corrected chi connectivity index (χ4v) is 4.10. The molecule has 0 unspecified atom stereocenters. The molecular weight excluding hydrogens is 520 g/mol. The Morgan fingerprint density at radius 2 is 1.57 bits per heavy atom. The minimum atomic E-state index is -1.57. The second-order valence-electron chi connectivity index (χ2n) is 9.89. The second kappa shape index (κ2) is 18.8. The number of carbonyl (C=O) groups excluding carboxylic acids is 1. The number of allylic oxidation sites excluding steroid dienone is 7. The number of cyclic esters (lactones) is 1. The Morgan fingerprint density at radius 1 is 0.875 bits per heavy atom. The van der Waals surface area contributed by atoms with Gasteiger partial charge in [0.05, 0.1) is 31.0 Å². The van der Waals surface area contributed by atoms with Gasteiger partial charge in [-0.2, -0.15) is 0 Å². The smallest absolute Gasteiger partial charge is 0.331 e. The summed E-state index contributed by atoms with van der Waals surface area (Å²) in [6.45, 7) is 1.26. The lowest BCUT2D eigenvalue weighted by Crippen LogP contribution is -2.59. The first-order chi connectivity index (χ1) is 19.2. The van der Waals surface area contributed by atoms with E-state index in [9.17, 15) is 35.4 Å². The minimum absolute atomic E-state index is 0.183. The highest BCUT2D eigenvalue weighted by atomic mass is 16.7. The summed E-state index contributed by atoms with van der Waals surface area (Å²) in [6.07, 6.45) is 13.9. The van der Waals surface area contributed by atoms with E-state index in [-0.39, 0.29) is 12.5 Å². The molecule has 2 rings (SSSR count). The lowest BCUT2D eigenvalue weighted by molar-refractivity contribution is -0.307. The zero-order valence-corrected chi connectivity index (χ0v) is 22.9. The van der Waals surface area contributed by atoms with Crippen molar-refractivity contribution in [2.24, 2.45) is 0 Å². The molecule has 0 radical (unpaired) electrons. The van der Waals surface area contributed by atoms with E-state index in [1.165, 1.54) is 6.08 Å². The fourth-order valence-electron chi connectivity index (χ4n) is 4.10. The largest absolute Gasteiger partial charge is 0.460 e. The van der Waals surface area contributed by atoms with Crippen LogP contribution in [-0.4, -0.2) is 98.3 Å². The van der Waals surface area contributed by atoms with Gasteiger partial charge in [-0.3, -0.25) is 0 Å². The third kappa shape index (κ3) is 12.8. The van der Waals surface area contributed by atoms with E-state index in [4.69, 9.17) is 14.2 Å². The molecule has 1 fully saturated rings. The number of esters is 1. The Morgan fingerprint density at radius 3 is 2.35 bits per heavy atom. The van der Waals surface area contributed by atoms with E-state index in [2.05, 4.69) is 0 Å². The molecule has 0 aromatic carbocycles. The Labute approximate surface area is 235 Å². The number of ether oxygens (including phenoxy) is 3. The number of hydrogen-bond acceptors (Lipinski definition) is 10. The van der Waals surface area contributed by atoms with Crippen LogP contribution < -0.4 is 0 Å². The lowest BCUT2D eigenvalue weighted by atomic mass is 9.99. The highest BCUT2D eigenvalue weighted by Crippen LogP contribution is 2.24. The number of aliphatic hydroxyl groups excluding tert-OH is 6. The van der Waals surface area contributed by atoms with Gasteiger partial charge in [-0.1, -0.05) is 66.8 Å². The summed E-state index contributed by atoms with van der Waals surface area (Å²) in [4.78, 5) is 12.1. The van der Waals surface area contributed by atoms with Gasteiger partial charge in [0, 0.05) is 12.5 Å². The van der Waals surface area contributed by atoms with E-state index in [1.54, 1.807) is 54.7 Å². The monoisotopic (exact) mass is 564 g/mol. The van der Waals surface area contributed by atoms with Crippen LogP contribution in [0.2, 0.25) is 0 Å². The first-order valence-corrected chi connectivity index (χ1v) is 13.7. The van der Waals surface area contributed by atoms with Crippen molar-refractivity contribution in [2.75, 3.05) is 6.61 Å². The molecule has 0 aliphatic carbocycles. The van der Waals surface area contributed by atoms with E-state index in [1.807, 2.05) is 19.1 Å². The van der Waals surface area contributed by atoms with Crippen LogP contribution in [-0.2, 0) is 19.0 Å². The second-order valence-corrected chi connectivity index (χ2v) is 9.89. The van der Waals surface area contributed by atoms with Crippen LogP contribution >= 0.6 is 0 Å². The third-order valence-electron chi connectivity index (χ3n) is 6.38. The average Bonchev–Trinajstić information content (AvgIpc) is 2.91. The van der Waals surface area contributed by atoms with Gasteiger partial charge in [0.25, 0.3) is 0 Å². The van der Waals surface area contributed by atoms with Crippen LogP contribution in [0.15, 0.2) is 72.9 Å². The molecular formula is C30H44O10. The van der Waals surface area contributed by atoms with Crippen molar-refractivity contribution < 1.29 is 49.6 Å².